The number of ether oxygens (including phenoxy) is 1. The summed E-state index contributed by atoms with van der Waals surface area (Å²) in [6.45, 7) is 1.99. The molecule has 17 heavy (non-hydrogen) atoms. The maximum atomic E-state index is 11.2. The van der Waals surface area contributed by atoms with Gasteiger partial charge in [0.2, 0.25) is 0 Å². The number of carbonyl (C=O) groups is 1. The van der Waals surface area contributed by atoms with Gasteiger partial charge in [-0.15, -0.1) is 12.4 Å². The van der Waals surface area contributed by atoms with Gasteiger partial charge in [0.05, 0.1) is 6.61 Å². The normalized spacial score (nSPS) is 11.4. The Morgan fingerprint density at radius 3 is 2.59 bits per heavy atom. The lowest BCUT2D eigenvalue weighted by atomic mass is 10.1. The zero-order valence-electron chi connectivity index (χ0n) is 9.42. The molecule has 0 fully saturated rings. The number of hydrogen-bond donors (Lipinski definition) is 3. The van der Waals surface area contributed by atoms with Crippen molar-refractivity contribution in [3.63, 3.8) is 0 Å². The van der Waals surface area contributed by atoms with Gasteiger partial charge >= 0.3 is 5.97 Å². The number of nitrogens with two attached hydrogens (primary N) is 1. The average molecular weight is 262 g/mol. The molecule has 0 amide bonds. The Kier molecular flexibility index (Phi) is 6.38. The van der Waals surface area contributed by atoms with Gasteiger partial charge in [0.15, 0.2) is 11.5 Å². The summed E-state index contributed by atoms with van der Waals surface area (Å²) in [6, 6.07) is 3.55. The molecule has 0 aliphatic heterocycles. The third kappa shape index (κ3) is 4.50. The second-order valence-corrected chi connectivity index (χ2v) is 3.39. The molecule has 0 spiro atoms. The van der Waals surface area contributed by atoms with Crippen molar-refractivity contribution in [1.29, 1.82) is 0 Å². The van der Waals surface area contributed by atoms with Gasteiger partial charge in [-0.1, -0.05) is 6.07 Å². The van der Waals surface area contributed by atoms with Crippen LogP contribution in [0.2, 0.25) is 0 Å². The highest BCUT2D eigenvalue weighted by Crippen LogP contribution is 2.25. The summed E-state index contributed by atoms with van der Waals surface area (Å²) in [5.41, 5.74) is 6.27. The molecule has 0 bridgehead atoms. The highest BCUT2D eigenvalue weighted by molar-refractivity contribution is 5.85. The summed E-state index contributed by atoms with van der Waals surface area (Å²) >= 11 is 0. The standard InChI is InChI=1S/C11H15NO4.ClH/c1-2-16-11(15)8(12)5-7-3-4-9(13)10(14)6-7;/h3-4,6,8,13-14H,2,5,12H2,1H3;1H/t8-;/m0./s1. The molecular formula is C11H16ClNO4. The first kappa shape index (κ1) is 15.5. The van der Waals surface area contributed by atoms with E-state index in [1.165, 1.54) is 12.1 Å². The van der Waals surface area contributed by atoms with E-state index in [2.05, 4.69) is 0 Å². The van der Waals surface area contributed by atoms with Crippen LogP contribution in [0.5, 0.6) is 11.5 Å². The fourth-order valence-corrected chi connectivity index (χ4v) is 1.28. The second kappa shape index (κ2) is 6.98. The molecular weight excluding hydrogens is 246 g/mol. The van der Waals surface area contributed by atoms with Crippen molar-refractivity contribution in [3.8, 4) is 11.5 Å². The number of phenols is 2. The maximum absolute atomic E-state index is 11.2. The fourth-order valence-electron chi connectivity index (χ4n) is 1.28. The number of aromatic hydroxyl groups is 2. The molecule has 0 aliphatic carbocycles. The minimum Gasteiger partial charge on any atom is -0.504 e. The summed E-state index contributed by atoms with van der Waals surface area (Å²) in [6.07, 6.45) is 0.257. The topological polar surface area (TPSA) is 92.8 Å². The van der Waals surface area contributed by atoms with Gasteiger partial charge in [0.1, 0.15) is 6.04 Å². The summed E-state index contributed by atoms with van der Waals surface area (Å²) in [5.74, 6) is -0.905. The zero-order chi connectivity index (χ0) is 12.1. The van der Waals surface area contributed by atoms with Crippen LogP contribution in [0.1, 0.15) is 12.5 Å². The lowest BCUT2D eigenvalue weighted by molar-refractivity contribution is -0.144. The third-order valence-electron chi connectivity index (χ3n) is 2.08. The van der Waals surface area contributed by atoms with E-state index in [0.29, 0.717) is 5.56 Å². The molecule has 1 atom stereocenters. The molecule has 0 unspecified atom stereocenters. The lowest BCUT2D eigenvalue weighted by Gasteiger charge is -2.10. The van der Waals surface area contributed by atoms with Crippen LogP contribution in [0.25, 0.3) is 0 Å². The number of benzene rings is 1. The molecule has 96 valence electrons. The van der Waals surface area contributed by atoms with Crippen molar-refractivity contribution in [3.05, 3.63) is 23.8 Å². The molecule has 1 rings (SSSR count). The van der Waals surface area contributed by atoms with Crippen molar-refractivity contribution in [2.45, 2.75) is 19.4 Å². The molecule has 4 N–H and O–H groups in total. The van der Waals surface area contributed by atoms with Crippen LogP contribution >= 0.6 is 12.4 Å². The predicted octanol–water partition coefficient (Wildman–Crippen LogP) is 0.952. The van der Waals surface area contributed by atoms with Gasteiger partial charge in [-0.2, -0.15) is 0 Å². The van der Waals surface area contributed by atoms with Crippen LogP contribution in [-0.2, 0) is 16.0 Å². The number of hydrogen-bond acceptors (Lipinski definition) is 5. The Hall–Kier alpha value is -1.46. The minimum absolute atomic E-state index is 0. The van der Waals surface area contributed by atoms with E-state index < -0.39 is 12.0 Å². The van der Waals surface area contributed by atoms with Crippen LogP contribution in [0.4, 0.5) is 0 Å². The predicted molar refractivity (Wildman–Crippen MR) is 65.3 cm³/mol. The summed E-state index contributed by atoms with van der Waals surface area (Å²) in [4.78, 5) is 11.2. The van der Waals surface area contributed by atoms with Crippen LogP contribution in [0.15, 0.2) is 18.2 Å². The van der Waals surface area contributed by atoms with Crippen molar-refractivity contribution in [2.24, 2.45) is 5.73 Å². The molecule has 6 heteroatoms. The van der Waals surface area contributed by atoms with Crippen molar-refractivity contribution >= 4 is 18.4 Å². The Labute approximate surface area is 106 Å². The molecule has 1 aromatic rings. The van der Waals surface area contributed by atoms with E-state index in [1.54, 1.807) is 13.0 Å². The van der Waals surface area contributed by atoms with E-state index in [-0.39, 0.29) is 36.9 Å². The van der Waals surface area contributed by atoms with Gasteiger partial charge in [-0.25, -0.2) is 0 Å². The molecule has 0 aliphatic rings. The van der Waals surface area contributed by atoms with Gasteiger partial charge in [-0.05, 0) is 31.0 Å². The highest BCUT2D eigenvalue weighted by Gasteiger charge is 2.15. The Bertz CT molecular complexity index is 384. The van der Waals surface area contributed by atoms with Crippen LogP contribution < -0.4 is 5.73 Å². The van der Waals surface area contributed by atoms with Gasteiger partial charge in [0, 0.05) is 0 Å². The van der Waals surface area contributed by atoms with Crippen molar-refractivity contribution < 1.29 is 19.7 Å². The average Bonchev–Trinajstić information content (AvgIpc) is 2.24. The van der Waals surface area contributed by atoms with E-state index in [4.69, 9.17) is 15.6 Å². The maximum Gasteiger partial charge on any atom is 0.323 e. The number of phenolic OH excluding ortho intramolecular Hbond substituents is 2. The molecule has 0 saturated heterocycles. The Morgan fingerprint density at radius 2 is 2.06 bits per heavy atom. The van der Waals surface area contributed by atoms with Crippen LogP contribution in [0.3, 0.4) is 0 Å². The van der Waals surface area contributed by atoms with Crippen molar-refractivity contribution in [2.75, 3.05) is 6.61 Å². The van der Waals surface area contributed by atoms with Crippen LogP contribution in [-0.4, -0.2) is 28.8 Å². The third-order valence-corrected chi connectivity index (χ3v) is 2.08. The van der Waals surface area contributed by atoms with Gasteiger partial charge in [-0.3, -0.25) is 4.79 Å². The SMILES string of the molecule is CCOC(=O)[C@@H](N)Cc1ccc(O)c(O)c1.Cl. The van der Waals surface area contributed by atoms with E-state index in [1.807, 2.05) is 0 Å². The van der Waals surface area contributed by atoms with Crippen LogP contribution in [0, 0.1) is 0 Å². The number of carbonyl (C=O) groups excluding carboxylic acids is 1. The molecule has 1 aromatic carbocycles. The van der Waals surface area contributed by atoms with E-state index in [0.717, 1.165) is 0 Å². The summed E-state index contributed by atoms with van der Waals surface area (Å²) < 4.78 is 4.75. The summed E-state index contributed by atoms with van der Waals surface area (Å²) in [5, 5.41) is 18.3. The van der Waals surface area contributed by atoms with Gasteiger partial charge < -0.3 is 20.7 Å². The largest absolute Gasteiger partial charge is 0.504 e. The number of rotatable bonds is 4. The van der Waals surface area contributed by atoms with Crippen molar-refractivity contribution in [1.82, 2.24) is 0 Å². The second-order valence-electron chi connectivity index (χ2n) is 3.39. The Balaban J connectivity index is 0.00000256. The highest BCUT2D eigenvalue weighted by atomic mass is 35.5. The first-order valence-corrected chi connectivity index (χ1v) is 4.97. The summed E-state index contributed by atoms with van der Waals surface area (Å²) in [7, 11) is 0. The van der Waals surface area contributed by atoms with Gasteiger partial charge in [0.25, 0.3) is 0 Å². The monoisotopic (exact) mass is 261 g/mol. The molecule has 0 aromatic heterocycles. The minimum atomic E-state index is -0.760. The first-order chi connectivity index (χ1) is 7.54. The van der Waals surface area contributed by atoms with E-state index >= 15 is 0 Å². The number of esters is 1. The molecule has 0 heterocycles. The molecule has 0 radical (unpaired) electrons. The number of halogens is 1. The Morgan fingerprint density at radius 1 is 1.41 bits per heavy atom. The fraction of sp³-hybridized carbons (Fsp3) is 0.364. The lowest BCUT2D eigenvalue weighted by Crippen LogP contribution is -2.34. The smallest absolute Gasteiger partial charge is 0.323 e. The first-order valence-electron chi connectivity index (χ1n) is 4.97. The zero-order valence-corrected chi connectivity index (χ0v) is 10.2. The molecule has 5 nitrogen and oxygen atoms in total. The van der Waals surface area contributed by atoms with E-state index in [9.17, 15) is 9.90 Å². The molecule has 0 saturated carbocycles. The quantitative estimate of drug-likeness (QED) is 0.554.